The summed E-state index contributed by atoms with van der Waals surface area (Å²) in [6.07, 6.45) is 0.163. The maximum Gasteiger partial charge on any atom is 0.412 e. The van der Waals surface area contributed by atoms with Crippen molar-refractivity contribution in [1.29, 1.82) is 0 Å². The van der Waals surface area contributed by atoms with Crippen LogP contribution in [-0.4, -0.2) is 17.6 Å². The highest BCUT2D eigenvalue weighted by atomic mass is 16.6. The molecule has 1 aromatic carbocycles. The number of non-ortho nitro benzene ring substituents is 1. The average Bonchev–Trinajstić information content (AvgIpc) is 2.36. The zero-order chi connectivity index (χ0) is 13.5. The van der Waals surface area contributed by atoms with Gasteiger partial charge >= 0.3 is 6.09 Å². The number of nitrogens with one attached hydrogen (secondary N) is 1. The minimum absolute atomic E-state index is 0.0536. The molecule has 0 saturated heterocycles. The van der Waals surface area contributed by atoms with Gasteiger partial charge in [0.05, 0.1) is 4.92 Å². The van der Waals surface area contributed by atoms with Crippen LogP contribution in [-0.2, 0) is 0 Å². The Hall–Kier alpha value is -2.37. The number of ether oxygens (including phenoxy) is 1. The number of carbonyl (C=O) groups excluding carboxylic acids is 1. The fraction of sp³-hybridized carbons (Fsp3) is 0.250. The standard InChI is InChI=1S/C12H14N2O4/c1-3-9(2)8-13-12(15)18-11-6-4-10(5-7-11)14(16)17/h4-7H,2-3,8H2,1H3,(H,13,15). The van der Waals surface area contributed by atoms with E-state index < -0.39 is 11.0 Å². The highest BCUT2D eigenvalue weighted by Gasteiger charge is 2.07. The first-order chi connectivity index (χ1) is 8.52. The van der Waals surface area contributed by atoms with Crippen molar-refractivity contribution in [3.8, 4) is 5.75 Å². The molecule has 6 nitrogen and oxygen atoms in total. The summed E-state index contributed by atoms with van der Waals surface area (Å²) in [6, 6.07) is 5.28. The van der Waals surface area contributed by atoms with E-state index in [4.69, 9.17) is 4.74 Å². The molecule has 0 atom stereocenters. The van der Waals surface area contributed by atoms with E-state index in [-0.39, 0.29) is 11.4 Å². The monoisotopic (exact) mass is 250 g/mol. The summed E-state index contributed by atoms with van der Waals surface area (Å²) in [6.45, 7) is 6.02. The number of rotatable bonds is 5. The Morgan fingerprint density at radius 2 is 2.06 bits per heavy atom. The molecular formula is C12H14N2O4. The van der Waals surface area contributed by atoms with Gasteiger partial charge in [0.1, 0.15) is 5.75 Å². The third-order valence-electron chi connectivity index (χ3n) is 2.24. The summed E-state index contributed by atoms with van der Waals surface area (Å²) in [5, 5.41) is 12.9. The van der Waals surface area contributed by atoms with Crippen LogP contribution in [0.1, 0.15) is 13.3 Å². The number of nitro benzene ring substituents is 1. The quantitative estimate of drug-likeness (QED) is 0.494. The molecule has 0 fully saturated rings. The maximum atomic E-state index is 11.3. The lowest BCUT2D eigenvalue weighted by molar-refractivity contribution is -0.384. The Bertz CT molecular complexity index is 454. The second-order valence-corrected chi connectivity index (χ2v) is 3.60. The molecular weight excluding hydrogens is 236 g/mol. The Balaban J connectivity index is 2.49. The molecule has 96 valence electrons. The Morgan fingerprint density at radius 1 is 1.44 bits per heavy atom. The normalized spacial score (nSPS) is 9.61. The van der Waals surface area contributed by atoms with E-state index in [1.165, 1.54) is 24.3 Å². The highest BCUT2D eigenvalue weighted by Crippen LogP contribution is 2.17. The van der Waals surface area contributed by atoms with Gasteiger partial charge in [-0.25, -0.2) is 4.79 Å². The van der Waals surface area contributed by atoms with Gasteiger partial charge in [-0.3, -0.25) is 10.1 Å². The summed E-state index contributed by atoms with van der Waals surface area (Å²) in [5.74, 6) is 0.250. The van der Waals surface area contributed by atoms with Crippen LogP contribution in [0, 0.1) is 10.1 Å². The van der Waals surface area contributed by atoms with Gasteiger partial charge in [0.15, 0.2) is 0 Å². The lowest BCUT2D eigenvalue weighted by Crippen LogP contribution is -2.28. The van der Waals surface area contributed by atoms with Crippen LogP contribution in [0.15, 0.2) is 36.4 Å². The average molecular weight is 250 g/mol. The second-order valence-electron chi connectivity index (χ2n) is 3.60. The molecule has 1 amide bonds. The number of amides is 1. The zero-order valence-corrected chi connectivity index (χ0v) is 10.0. The molecule has 0 aliphatic rings. The molecule has 18 heavy (non-hydrogen) atoms. The summed E-state index contributed by atoms with van der Waals surface area (Å²) < 4.78 is 4.93. The highest BCUT2D eigenvalue weighted by molar-refractivity contribution is 5.70. The molecule has 1 rings (SSSR count). The minimum atomic E-state index is -0.613. The van der Waals surface area contributed by atoms with Gasteiger partial charge in [-0.15, -0.1) is 0 Å². The lowest BCUT2D eigenvalue weighted by atomic mass is 10.2. The number of benzene rings is 1. The molecule has 0 aromatic heterocycles. The SMILES string of the molecule is C=C(CC)CNC(=O)Oc1ccc([N+](=O)[O-])cc1. The van der Waals surface area contributed by atoms with Crippen LogP contribution in [0.4, 0.5) is 10.5 Å². The second kappa shape index (κ2) is 6.39. The van der Waals surface area contributed by atoms with Crippen molar-refractivity contribution >= 4 is 11.8 Å². The molecule has 0 heterocycles. The predicted octanol–water partition coefficient (Wildman–Crippen LogP) is 2.65. The van der Waals surface area contributed by atoms with E-state index in [0.29, 0.717) is 6.54 Å². The van der Waals surface area contributed by atoms with Gasteiger partial charge < -0.3 is 10.1 Å². The topological polar surface area (TPSA) is 81.5 Å². The van der Waals surface area contributed by atoms with Gasteiger partial charge in [0, 0.05) is 18.7 Å². The van der Waals surface area contributed by atoms with Crippen LogP contribution in [0.5, 0.6) is 5.75 Å². The van der Waals surface area contributed by atoms with Gasteiger partial charge in [-0.05, 0) is 18.6 Å². The van der Waals surface area contributed by atoms with E-state index >= 15 is 0 Å². The fourth-order valence-corrected chi connectivity index (χ4v) is 1.10. The van der Waals surface area contributed by atoms with E-state index in [0.717, 1.165) is 12.0 Å². The third kappa shape index (κ3) is 4.25. The molecule has 0 saturated carbocycles. The van der Waals surface area contributed by atoms with Crippen LogP contribution in [0.3, 0.4) is 0 Å². The largest absolute Gasteiger partial charge is 0.412 e. The molecule has 0 aliphatic heterocycles. The number of nitro groups is 1. The summed E-state index contributed by atoms with van der Waals surface area (Å²) in [5.41, 5.74) is 0.831. The summed E-state index contributed by atoms with van der Waals surface area (Å²) in [7, 11) is 0. The first-order valence-electron chi connectivity index (χ1n) is 5.39. The lowest BCUT2D eigenvalue weighted by Gasteiger charge is -2.06. The maximum absolute atomic E-state index is 11.3. The van der Waals surface area contributed by atoms with E-state index in [1.807, 2.05) is 6.92 Å². The van der Waals surface area contributed by atoms with Crippen molar-refractivity contribution in [2.75, 3.05) is 6.54 Å². The van der Waals surface area contributed by atoms with Crippen molar-refractivity contribution in [2.24, 2.45) is 0 Å². The molecule has 0 unspecified atom stereocenters. The molecule has 0 spiro atoms. The smallest absolute Gasteiger partial charge is 0.410 e. The fourth-order valence-electron chi connectivity index (χ4n) is 1.10. The van der Waals surface area contributed by atoms with Gasteiger partial charge in [-0.2, -0.15) is 0 Å². The Kier molecular flexibility index (Phi) is 4.86. The number of hydrogen-bond acceptors (Lipinski definition) is 4. The van der Waals surface area contributed by atoms with Crippen molar-refractivity contribution in [3.63, 3.8) is 0 Å². The van der Waals surface area contributed by atoms with Crippen molar-refractivity contribution in [3.05, 3.63) is 46.5 Å². The van der Waals surface area contributed by atoms with Crippen LogP contribution in [0.25, 0.3) is 0 Å². The zero-order valence-electron chi connectivity index (χ0n) is 10.0. The third-order valence-corrected chi connectivity index (χ3v) is 2.24. The molecule has 1 aromatic rings. The van der Waals surface area contributed by atoms with Gasteiger partial charge in [0.25, 0.3) is 5.69 Å². The van der Waals surface area contributed by atoms with Gasteiger partial charge in [0.2, 0.25) is 0 Å². The molecule has 6 heteroatoms. The summed E-state index contributed by atoms with van der Waals surface area (Å²) in [4.78, 5) is 21.2. The van der Waals surface area contributed by atoms with E-state index in [1.54, 1.807) is 0 Å². The van der Waals surface area contributed by atoms with Crippen LogP contribution < -0.4 is 10.1 Å². The van der Waals surface area contributed by atoms with Crippen LogP contribution >= 0.6 is 0 Å². The Labute approximate surface area is 104 Å². The summed E-state index contributed by atoms with van der Waals surface area (Å²) >= 11 is 0. The molecule has 0 radical (unpaired) electrons. The van der Waals surface area contributed by atoms with Gasteiger partial charge in [-0.1, -0.05) is 19.1 Å². The molecule has 1 N–H and O–H groups in total. The van der Waals surface area contributed by atoms with E-state index in [2.05, 4.69) is 11.9 Å². The Morgan fingerprint density at radius 3 is 2.56 bits per heavy atom. The molecule has 0 bridgehead atoms. The van der Waals surface area contributed by atoms with Crippen LogP contribution in [0.2, 0.25) is 0 Å². The minimum Gasteiger partial charge on any atom is -0.410 e. The number of hydrogen-bond donors (Lipinski definition) is 1. The predicted molar refractivity (Wildman–Crippen MR) is 66.6 cm³/mol. The number of nitrogens with zero attached hydrogens (tertiary/aromatic N) is 1. The van der Waals surface area contributed by atoms with Crippen molar-refractivity contribution in [2.45, 2.75) is 13.3 Å². The number of carbonyl (C=O) groups is 1. The first kappa shape index (κ1) is 13.7. The first-order valence-corrected chi connectivity index (χ1v) is 5.39. The van der Waals surface area contributed by atoms with E-state index in [9.17, 15) is 14.9 Å². The van der Waals surface area contributed by atoms with Crippen molar-refractivity contribution in [1.82, 2.24) is 5.32 Å². The molecule has 0 aliphatic carbocycles. The van der Waals surface area contributed by atoms with Crippen molar-refractivity contribution < 1.29 is 14.5 Å².